The van der Waals surface area contributed by atoms with Crippen LogP contribution < -0.4 is 5.32 Å². The van der Waals surface area contributed by atoms with Crippen LogP contribution in [0, 0.1) is 0 Å². The molecule has 0 bridgehead atoms. The Hall–Kier alpha value is -2.90. The van der Waals surface area contributed by atoms with E-state index in [0.717, 1.165) is 11.1 Å². The van der Waals surface area contributed by atoms with Crippen LogP contribution in [0.1, 0.15) is 11.0 Å². The van der Waals surface area contributed by atoms with Crippen molar-refractivity contribution < 1.29 is 20.5 Å². The number of carbonyl (C=O) groups excluding carboxylic acids is 1. The average molecular weight is 357 g/mol. The van der Waals surface area contributed by atoms with E-state index < -0.39 is 38.6 Å². The van der Waals surface area contributed by atoms with Crippen LogP contribution in [0.25, 0.3) is 22.0 Å². The lowest BCUT2D eigenvalue weighted by Crippen LogP contribution is -2.41. The second kappa shape index (κ2) is 7.55. The van der Waals surface area contributed by atoms with Gasteiger partial charge in [0.25, 0.3) is 0 Å². The van der Waals surface area contributed by atoms with E-state index in [2.05, 4.69) is 25.0 Å². The van der Waals surface area contributed by atoms with Gasteiger partial charge >= 0.3 is 0 Å². The van der Waals surface area contributed by atoms with Gasteiger partial charge in [0.05, 0.1) is 36.9 Å². The highest BCUT2D eigenvalue weighted by Gasteiger charge is 2.14. The summed E-state index contributed by atoms with van der Waals surface area (Å²) in [6.07, 6.45) is 6.40. The summed E-state index contributed by atoms with van der Waals surface area (Å²) in [6.45, 7) is -13.8. The fourth-order valence-corrected chi connectivity index (χ4v) is 2.41. The molecule has 7 heteroatoms. The molecule has 1 aliphatic heterocycles. The number of nitrogens with zero attached hydrogens (tertiary/aromatic N) is 4. The van der Waals surface area contributed by atoms with Crippen LogP contribution in [-0.4, -0.2) is 58.4 Å². The van der Waals surface area contributed by atoms with Gasteiger partial charge < -0.3 is 10.1 Å². The van der Waals surface area contributed by atoms with Crippen LogP contribution in [0.2, 0.25) is 0 Å². The van der Waals surface area contributed by atoms with Crippen molar-refractivity contribution in [3.63, 3.8) is 0 Å². The molecule has 7 nitrogen and oxygen atoms in total. The first-order chi connectivity index (χ1) is 15.7. The van der Waals surface area contributed by atoms with E-state index in [4.69, 9.17) is 11.0 Å². The summed E-state index contributed by atoms with van der Waals surface area (Å²) in [5.74, 6) is -0.854. The van der Waals surface area contributed by atoms with Gasteiger partial charge in [-0.3, -0.25) is 19.7 Å². The molecule has 0 aliphatic carbocycles. The maximum absolute atomic E-state index is 12.7. The van der Waals surface area contributed by atoms with Gasteiger partial charge in [0.15, 0.2) is 0 Å². The van der Waals surface area contributed by atoms with E-state index in [0.29, 0.717) is 10.9 Å². The van der Waals surface area contributed by atoms with Crippen LogP contribution in [-0.2, 0) is 9.53 Å². The van der Waals surface area contributed by atoms with Gasteiger partial charge in [-0.25, -0.2) is 4.98 Å². The summed E-state index contributed by atoms with van der Waals surface area (Å²) in [5, 5.41) is 3.06. The van der Waals surface area contributed by atoms with E-state index >= 15 is 0 Å². The van der Waals surface area contributed by atoms with Crippen molar-refractivity contribution in [1.82, 2.24) is 19.9 Å². The van der Waals surface area contributed by atoms with Crippen LogP contribution >= 0.6 is 0 Å². The van der Waals surface area contributed by atoms with Gasteiger partial charge in [-0.2, -0.15) is 0 Å². The van der Waals surface area contributed by atoms with E-state index in [-0.39, 0.29) is 10.7 Å². The lowest BCUT2D eigenvalue weighted by atomic mass is 10.1. The van der Waals surface area contributed by atoms with Crippen molar-refractivity contribution in [3.8, 4) is 11.1 Å². The maximum Gasteiger partial charge on any atom is 0.239 e. The number of rotatable bonds is 4. The highest BCUT2D eigenvalue weighted by Crippen LogP contribution is 2.23. The number of ether oxygens (including phenoxy) is 1. The Balaban J connectivity index is 1.59. The minimum Gasteiger partial charge on any atom is -0.379 e. The zero-order valence-corrected chi connectivity index (χ0v) is 13.4. The topological polar surface area (TPSA) is 80.2 Å². The zero-order chi connectivity index (χ0) is 24.9. The third kappa shape index (κ3) is 3.84. The molecule has 0 radical (unpaired) electrons. The average Bonchev–Trinajstić information content (AvgIpc) is 2.75. The molecule has 1 fully saturated rings. The van der Waals surface area contributed by atoms with Crippen LogP contribution in [0.15, 0.2) is 49.1 Å². The smallest absolute Gasteiger partial charge is 0.239 e. The highest BCUT2D eigenvalue weighted by molar-refractivity contribution is 5.93. The summed E-state index contributed by atoms with van der Waals surface area (Å²) >= 11 is 0. The normalized spacial score (nSPS) is 27.4. The number of carbonyl (C=O) groups is 1. The molecular weight excluding hydrogens is 330 g/mol. The lowest BCUT2D eigenvalue weighted by molar-refractivity contribution is -0.118. The molecule has 4 rings (SSSR count). The first-order valence-electron chi connectivity index (χ1n) is 11.7. The second-order valence-electron chi connectivity index (χ2n) is 5.39. The molecule has 4 heterocycles. The fraction of sp³-hybridized carbons (Fsp3) is 0.263. The van der Waals surface area contributed by atoms with Gasteiger partial charge in [0.1, 0.15) is 5.82 Å². The van der Waals surface area contributed by atoms with E-state index in [1.165, 1.54) is 12.3 Å². The third-order valence-corrected chi connectivity index (χ3v) is 3.59. The Bertz CT molecular complexity index is 1220. The van der Waals surface area contributed by atoms with Crippen LogP contribution in [0.3, 0.4) is 0 Å². The van der Waals surface area contributed by atoms with Gasteiger partial charge in [-0.15, -0.1) is 0 Å². The Labute approximate surface area is 162 Å². The SMILES string of the molecule is [2H]C1([2H])OC([2H])([2H])C([2H])([2H])N(CC(=O)Nc2cc3cc(-c4cccnc4)cnc3cn2)C1([2H])[2H]. The molecule has 3 aromatic rings. The Kier molecular flexibility index (Phi) is 2.82. The lowest BCUT2D eigenvalue weighted by Gasteiger charge is -2.25. The van der Waals surface area contributed by atoms with Crippen molar-refractivity contribution in [3.05, 3.63) is 49.1 Å². The molecular formula is C19H19N5O2. The predicted octanol–water partition coefficient (Wildman–Crippen LogP) is 1.96. The first kappa shape index (κ1) is 9.70. The van der Waals surface area contributed by atoms with E-state index in [1.54, 1.807) is 24.7 Å². The van der Waals surface area contributed by atoms with E-state index in [9.17, 15) is 4.79 Å². The molecule has 0 atom stereocenters. The summed E-state index contributed by atoms with van der Waals surface area (Å²) in [4.78, 5) is 25.3. The molecule has 0 spiro atoms. The molecule has 132 valence electrons. The minimum absolute atomic E-state index is 0.0723. The number of morpholine rings is 1. The Morgan fingerprint density at radius 1 is 1.19 bits per heavy atom. The number of hydrogen-bond donors (Lipinski definition) is 1. The summed E-state index contributed by atoms with van der Waals surface area (Å²) in [7, 11) is 0. The Morgan fingerprint density at radius 2 is 2.08 bits per heavy atom. The van der Waals surface area contributed by atoms with Crippen molar-refractivity contribution in [2.75, 3.05) is 38.0 Å². The van der Waals surface area contributed by atoms with E-state index in [1.807, 2.05) is 12.1 Å². The number of fused-ring (bicyclic) bond motifs is 1. The van der Waals surface area contributed by atoms with Crippen molar-refractivity contribution in [2.45, 2.75) is 0 Å². The molecule has 0 saturated carbocycles. The number of amides is 1. The van der Waals surface area contributed by atoms with Crippen LogP contribution in [0.5, 0.6) is 0 Å². The summed E-state index contributed by atoms with van der Waals surface area (Å²) in [6, 6.07) is 6.99. The van der Waals surface area contributed by atoms with Gasteiger partial charge in [-0.1, -0.05) is 6.07 Å². The highest BCUT2D eigenvalue weighted by atomic mass is 16.5. The number of nitrogens with one attached hydrogen (secondary N) is 1. The van der Waals surface area contributed by atoms with Crippen molar-refractivity contribution >= 4 is 22.6 Å². The van der Waals surface area contributed by atoms with Crippen LogP contribution in [0.4, 0.5) is 5.82 Å². The number of pyridine rings is 3. The number of hydrogen-bond acceptors (Lipinski definition) is 6. The monoisotopic (exact) mass is 357 g/mol. The standard InChI is InChI=1S/C19H19N5O2/c25-19(13-24-4-6-26-7-5-24)23-18-9-15-8-16(11-21-17(15)12-22-18)14-2-1-3-20-10-14/h1-3,8-12H,4-7,13H2,(H,22,23,25)/i4D2,5D2,6D2,7D2. The first-order valence-corrected chi connectivity index (χ1v) is 7.69. The second-order valence-corrected chi connectivity index (χ2v) is 5.39. The largest absolute Gasteiger partial charge is 0.379 e. The number of aromatic nitrogens is 3. The minimum atomic E-state index is -3.22. The molecule has 3 aromatic heterocycles. The van der Waals surface area contributed by atoms with Gasteiger partial charge in [-0.05, 0) is 18.2 Å². The Morgan fingerprint density at radius 3 is 2.88 bits per heavy atom. The summed E-state index contributed by atoms with van der Waals surface area (Å²) < 4.78 is 67.2. The molecule has 26 heavy (non-hydrogen) atoms. The van der Waals surface area contributed by atoms with Crippen molar-refractivity contribution in [2.24, 2.45) is 0 Å². The molecule has 0 unspecified atom stereocenters. The fourth-order valence-electron chi connectivity index (χ4n) is 2.41. The van der Waals surface area contributed by atoms with Crippen molar-refractivity contribution in [1.29, 1.82) is 0 Å². The molecule has 1 saturated heterocycles. The maximum atomic E-state index is 12.7. The van der Waals surface area contributed by atoms with Gasteiger partial charge in [0, 0.05) is 53.6 Å². The zero-order valence-electron chi connectivity index (χ0n) is 21.4. The molecule has 1 N–H and O–H groups in total. The number of anilines is 1. The van der Waals surface area contributed by atoms with Gasteiger partial charge in [0.2, 0.25) is 5.91 Å². The predicted molar refractivity (Wildman–Crippen MR) is 98.7 cm³/mol. The third-order valence-electron chi connectivity index (χ3n) is 3.59. The summed E-state index contributed by atoms with van der Waals surface area (Å²) in [5.41, 5.74) is 2.16. The molecule has 1 amide bonds. The molecule has 0 aromatic carbocycles. The quantitative estimate of drug-likeness (QED) is 0.769. The molecule has 1 aliphatic rings.